The summed E-state index contributed by atoms with van der Waals surface area (Å²) < 4.78 is 45.3. The summed E-state index contributed by atoms with van der Waals surface area (Å²) in [4.78, 5) is 13.5. The molecule has 1 radical (unpaired) electrons. The SMILES string of the molecule is [2H]C([2H])([2H])c1ccc(-c2[c-]cccc2)nc1.[2H]C([2H])(c1ccnc(-c2[c-]ccc3c2oc2nc(-c4c(C)cccc4C)ccc23)c1)C(C)(C)C.[Ir]. The largest absolute Gasteiger partial charge is 0.486 e. The third kappa shape index (κ3) is 7.33. The summed E-state index contributed by atoms with van der Waals surface area (Å²) in [6.07, 6.45) is 1.53. The molecule has 7 rings (SSSR count). The predicted octanol–water partition coefficient (Wildman–Crippen LogP) is 10.6. The first-order valence-electron chi connectivity index (χ1n) is 17.4. The van der Waals surface area contributed by atoms with E-state index in [0.29, 0.717) is 28.1 Å². The van der Waals surface area contributed by atoms with Crippen LogP contribution in [0.25, 0.3) is 55.8 Å². The first-order valence-corrected chi connectivity index (χ1v) is 14.9. The molecule has 3 aromatic carbocycles. The molecule has 4 heterocycles. The number of pyridine rings is 3. The number of benzene rings is 3. The minimum absolute atomic E-state index is 0. The van der Waals surface area contributed by atoms with Crippen LogP contribution in [0.1, 0.15) is 49.9 Å². The Balaban J connectivity index is 0.000000249. The van der Waals surface area contributed by atoms with Gasteiger partial charge in [0.1, 0.15) is 0 Å². The van der Waals surface area contributed by atoms with Gasteiger partial charge >= 0.3 is 0 Å². The van der Waals surface area contributed by atoms with E-state index in [2.05, 4.69) is 60.2 Å². The molecule has 0 unspecified atom stereocenters. The van der Waals surface area contributed by atoms with Gasteiger partial charge in [-0.05, 0) is 78.8 Å². The van der Waals surface area contributed by atoms with Crippen molar-refractivity contribution >= 4 is 22.1 Å². The summed E-state index contributed by atoms with van der Waals surface area (Å²) in [7, 11) is 0. The van der Waals surface area contributed by atoms with Gasteiger partial charge in [-0.25, -0.2) is 4.98 Å². The van der Waals surface area contributed by atoms with Crippen LogP contribution >= 0.6 is 0 Å². The molecular formula is C41H37IrN3O-2. The predicted molar refractivity (Wildman–Crippen MR) is 185 cm³/mol. The molecule has 0 atom stereocenters. The number of fused-ring (bicyclic) bond motifs is 3. The monoisotopic (exact) mass is 785 g/mol. The average molecular weight is 785 g/mol. The van der Waals surface area contributed by atoms with Gasteiger partial charge in [-0.1, -0.05) is 73.7 Å². The van der Waals surface area contributed by atoms with Gasteiger partial charge in [0, 0.05) is 50.3 Å². The molecule has 0 N–H and O–H groups in total. The Bertz CT molecular complexity index is 2270. The summed E-state index contributed by atoms with van der Waals surface area (Å²) in [6.45, 7) is 7.80. The van der Waals surface area contributed by atoms with Crippen molar-refractivity contribution in [1.29, 1.82) is 0 Å². The van der Waals surface area contributed by atoms with E-state index in [9.17, 15) is 0 Å². The molecule has 7 aromatic rings. The number of hydrogen-bond donors (Lipinski definition) is 0. The van der Waals surface area contributed by atoms with Crippen molar-refractivity contribution in [2.75, 3.05) is 0 Å². The van der Waals surface area contributed by atoms with E-state index in [1.807, 2.05) is 57.2 Å². The van der Waals surface area contributed by atoms with Crippen LogP contribution in [0.2, 0.25) is 0 Å². The molecule has 0 fully saturated rings. The summed E-state index contributed by atoms with van der Waals surface area (Å²) in [5, 5.41) is 1.87. The number of hydrogen-bond acceptors (Lipinski definition) is 4. The van der Waals surface area contributed by atoms with Gasteiger partial charge < -0.3 is 14.4 Å². The van der Waals surface area contributed by atoms with Gasteiger partial charge in [0.05, 0.1) is 11.3 Å². The molecule has 0 aliphatic carbocycles. The molecule has 4 aromatic heterocycles. The van der Waals surface area contributed by atoms with E-state index >= 15 is 0 Å². The summed E-state index contributed by atoms with van der Waals surface area (Å²) in [5.41, 5.74) is 8.78. The van der Waals surface area contributed by atoms with Crippen LogP contribution in [0, 0.1) is 38.2 Å². The second kappa shape index (κ2) is 13.9. The Kier molecular flexibility index (Phi) is 8.09. The second-order valence-corrected chi connectivity index (χ2v) is 12.0. The van der Waals surface area contributed by atoms with E-state index in [1.165, 1.54) is 17.3 Å². The van der Waals surface area contributed by atoms with Crippen LogP contribution in [0.5, 0.6) is 0 Å². The van der Waals surface area contributed by atoms with Gasteiger partial charge in [0.2, 0.25) is 5.71 Å². The summed E-state index contributed by atoms with van der Waals surface area (Å²) in [6, 6.07) is 34.8. The van der Waals surface area contributed by atoms with Crippen LogP contribution < -0.4 is 0 Å². The van der Waals surface area contributed by atoms with Gasteiger partial charge in [-0.15, -0.1) is 54.1 Å². The Morgan fingerprint density at radius 2 is 1.61 bits per heavy atom. The smallest absolute Gasteiger partial charge is 0.216 e. The molecule has 4 nitrogen and oxygen atoms in total. The molecule has 233 valence electrons. The maximum absolute atomic E-state index is 8.66. The van der Waals surface area contributed by atoms with E-state index in [-0.39, 0.29) is 25.7 Å². The van der Waals surface area contributed by atoms with Crippen LogP contribution in [0.4, 0.5) is 0 Å². The topological polar surface area (TPSA) is 51.8 Å². The van der Waals surface area contributed by atoms with Crippen molar-refractivity contribution < 1.29 is 31.4 Å². The zero-order chi connectivity index (χ0) is 35.8. The Morgan fingerprint density at radius 3 is 2.30 bits per heavy atom. The standard InChI is InChI=1S/C29H27N2O.C12H10N.Ir/c1-18-8-6-9-19(2)26(18)24-13-12-22-21-10-7-11-23(27(21)32-28(22)31-24)25-16-20(14-15-30-25)17-29(3,4)5;1-10-7-8-12(13-9-10)11-5-3-2-4-6-11;/h6-10,12-16H,17H2,1-5H3;2-5,7-9H,1H3;/q2*-1;/i17D2;1D3;. The first kappa shape index (κ1) is 26.7. The number of aryl methyl sites for hydroxylation is 3. The van der Waals surface area contributed by atoms with E-state index in [1.54, 1.807) is 36.5 Å². The van der Waals surface area contributed by atoms with Crippen molar-refractivity contribution in [3.63, 3.8) is 0 Å². The zero-order valence-corrected chi connectivity index (χ0v) is 28.8. The van der Waals surface area contributed by atoms with E-state index in [4.69, 9.17) is 16.3 Å². The van der Waals surface area contributed by atoms with Gasteiger partial charge in [0.25, 0.3) is 0 Å². The number of nitrogens with zero attached hydrogens (tertiary/aromatic N) is 3. The molecule has 0 amide bonds. The van der Waals surface area contributed by atoms with Crippen LogP contribution in [-0.4, -0.2) is 15.0 Å². The molecule has 0 saturated heterocycles. The van der Waals surface area contributed by atoms with E-state index in [0.717, 1.165) is 33.3 Å². The average Bonchev–Trinajstić information content (AvgIpc) is 3.46. The van der Waals surface area contributed by atoms with Crippen molar-refractivity contribution in [2.24, 2.45) is 5.41 Å². The fourth-order valence-electron chi connectivity index (χ4n) is 5.35. The van der Waals surface area contributed by atoms with Crippen LogP contribution in [0.15, 0.2) is 108 Å². The van der Waals surface area contributed by atoms with Gasteiger partial charge in [-0.3, -0.25) is 0 Å². The number of aromatic nitrogens is 3. The van der Waals surface area contributed by atoms with Crippen molar-refractivity contribution in [1.82, 2.24) is 15.0 Å². The maximum atomic E-state index is 8.66. The van der Waals surface area contributed by atoms with Gasteiger partial charge in [0.15, 0.2) is 0 Å². The minimum Gasteiger partial charge on any atom is -0.486 e. The Morgan fingerprint density at radius 1 is 0.804 bits per heavy atom. The molecule has 0 bridgehead atoms. The molecule has 0 saturated carbocycles. The zero-order valence-electron chi connectivity index (χ0n) is 31.4. The summed E-state index contributed by atoms with van der Waals surface area (Å²) >= 11 is 0. The molecule has 0 spiro atoms. The first-order chi connectivity index (χ1) is 23.6. The van der Waals surface area contributed by atoms with Crippen LogP contribution in [0.3, 0.4) is 0 Å². The quantitative estimate of drug-likeness (QED) is 0.167. The number of furan rings is 1. The van der Waals surface area contributed by atoms with Crippen molar-refractivity contribution in [3.8, 4) is 33.8 Å². The Hall–Kier alpha value is -4.44. The van der Waals surface area contributed by atoms with Crippen LogP contribution in [-0.2, 0) is 26.5 Å². The molecule has 0 aliphatic heterocycles. The molecule has 0 aliphatic rings. The third-order valence-corrected chi connectivity index (χ3v) is 7.32. The fourth-order valence-corrected chi connectivity index (χ4v) is 5.35. The maximum Gasteiger partial charge on any atom is 0.216 e. The summed E-state index contributed by atoms with van der Waals surface area (Å²) in [5.74, 6) is 0. The normalized spacial score (nSPS) is 13.4. The number of rotatable bonds is 4. The van der Waals surface area contributed by atoms with Gasteiger partial charge in [-0.2, -0.15) is 0 Å². The minimum atomic E-state index is -2.09. The third-order valence-electron chi connectivity index (χ3n) is 7.32. The van der Waals surface area contributed by atoms with Crippen molar-refractivity contribution in [2.45, 2.75) is 47.8 Å². The second-order valence-electron chi connectivity index (χ2n) is 12.0. The molecule has 46 heavy (non-hydrogen) atoms. The van der Waals surface area contributed by atoms with E-state index < -0.39 is 18.6 Å². The fraction of sp³-hybridized carbons (Fsp3) is 0.195. The molecular weight excluding hydrogens is 743 g/mol. The van der Waals surface area contributed by atoms with Crippen molar-refractivity contribution in [3.05, 3.63) is 138 Å². The Labute approximate surface area is 292 Å². The molecule has 5 heteroatoms.